The lowest BCUT2D eigenvalue weighted by atomic mass is 10.0. The predicted octanol–water partition coefficient (Wildman–Crippen LogP) is 1.71. The van der Waals surface area contributed by atoms with Gasteiger partial charge in [0, 0.05) is 31.3 Å². The molecule has 1 aliphatic carbocycles. The number of nitrogens with one attached hydrogen (secondary N) is 1. The Morgan fingerprint density at radius 1 is 1.17 bits per heavy atom. The molecule has 0 aromatic rings. The van der Waals surface area contributed by atoms with E-state index in [0.29, 0.717) is 18.3 Å². The highest BCUT2D eigenvalue weighted by Gasteiger charge is 2.37. The number of nitrogens with zero attached hydrogens (tertiary/aromatic N) is 2. The van der Waals surface area contributed by atoms with Gasteiger partial charge in [0.2, 0.25) is 11.8 Å². The van der Waals surface area contributed by atoms with Crippen molar-refractivity contribution in [2.75, 3.05) is 31.3 Å². The molecule has 0 aromatic heterocycles. The highest BCUT2D eigenvalue weighted by molar-refractivity contribution is 7.99. The summed E-state index contributed by atoms with van der Waals surface area (Å²) in [4.78, 5) is 28.4. The van der Waals surface area contributed by atoms with Crippen LogP contribution in [0.25, 0.3) is 0 Å². The van der Waals surface area contributed by atoms with Gasteiger partial charge in [0.25, 0.3) is 0 Å². The summed E-state index contributed by atoms with van der Waals surface area (Å²) in [6.45, 7) is 4.67. The van der Waals surface area contributed by atoms with Gasteiger partial charge < -0.3 is 15.1 Å². The summed E-state index contributed by atoms with van der Waals surface area (Å²) in [6.07, 6.45) is 5.33. The van der Waals surface area contributed by atoms with E-state index in [4.69, 9.17) is 0 Å². The van der Waals surface area contributed by atoms with Gasteiger partial charge >= 0.3 is 0 Å². The molecule has 1 saturated carbocycles. The lowest BCUT2D eigenvalue weighted by molar-refractivity contribution is -0.144. The van der Waals surface area contributed by atoms with Crippen LogP contribution in [-0.2, 0) is 9.59 Å². The van der Waals surface area contributed by atoms with E-state index in [1.165, 1.54) is 12.8 Å². The summed E-state index contributed by atoms with van der Waals surface area (Å²) in [7, 11) is 0. The van der Waals surface area contributed by atoms with Crippen molar-refractivity contribution < 1.29 is 9.59 Å². The van der Waals surface area contributed by atoms with Crippen molar-refractivity contribution in [1.82, 2.24) is 15.1 Å². The second-order valence-electron chi connectivity index (χ2n) is 6.68. The minimum Gasteiger partial charge on any atom is -0.341 e. The summed E-state index contributed by atoms with van der Waals surface area (Å²) >= 11 is 1.69. The second kappa shape index (κ2) is 8.58. The number of hydrogen-bond donors (Lipinski definition) is 1. The smallest absolute Gasteiger partial charge is 0.246 e. The quantitative estimate of drug-likeness (QED) is 0.810. The van der Waals surface area contributed by atoms with Crippen molar-refractivity contribution in [2.24, 2.45) is 5.92 Å². The number of amides is 2. The number of carbonyl (C=O) groups excluding carboxylic acids is 2. The lowest BCUT2D eigenvalue weighted by Gasteiger charge is -2.35. The third-order valence-electron chi connectivity index (χ3n) is 4.99. The second-order valence-corrected chi connectivity index (χ2v) is 7.68. The molecule has 23 heavy (non-hydrogen) atoms. The van der Waals surface area contributed by atoms with Crippen molar-refractivity contribution in [3.05, 3.63) is 0 Å². The number of carbonyl (C=O) groups is 2. The van der Waals surface area contributed by atoms with Crippen molar-refractivity contribution >= 4 is 36.0 Å². The van der Waals surface area contributed by atoms with Crippen LogP contribution in [-0.4, -0.2) is 65.0 Å². The molecule has 1 N–H and O–H groups in total. The molecule has 3 rings (SSSR count). The van der Waals surface area contributed by atoms with Gasteiger partial charge in [0.05, 0.1) is 5.88 Å². The first-order chi connectivity index (χ1) is 10.7. The zero-order valence-electron chi connectivity index (χ0n) is 13.8. The van der Waals surface area contributed by atoms with Crippen LogP contribution < -0.4 is 5.32 Å². The van der Waals surface area contributed by atoms with Crippen LogP contribution in [0.5, 0.6) is 0 Å². The fraction of sp³-hybridized carbons (Fsp3) is 0.875. The van der Waals surface area contributed by atoms with Crippen molar-refractivity contribution in [3.63, 3.8) is 0 Å². The topological polar surface area (TPSA) is 52.7 Å². The Balaban J connectivity index is 0.00000192. The van der Waals surface area contributed by atoms with Crippen molar-refractivity contribution in [1.29, 1.82) is 0 Å². The van der Waals surface area contributed by atoms with Gasteiger partial charge in [-0.25, -0.2) is 0 Å². The molecular weight excluding hydrogens is 334 g/mol. The third-order valence-corrected chi connectivity index (χ3v) is 6.00. The highest BCUT2D eigenvalue weighted by Crippen LogP contribution is 2.28. The third kappa shape index (κ3) is 4.77. The molecule has 1 atom stereocenters. The normalized spacial score (nSPS) is 25.3. The van der Waals surface area contributed by atoms with E-state index < -0.39 is 0 Å². The molecule has 3 fully saturated rings. The summed E-state index contributed by atoms with van der Waals surface area (Å²) in [5.41, 5.74) is 0. The molecule has 0 radical (unpaired) electrons. The summed E-state index contributed by atoms with van der Waals surface area (Å²) in [6, 6.07) is 0.337. The average Bonchev–Trinajstić information content (AvgIpc) is 3.26. The Morgan fingerprint density at radius 3 is 2.48 bits per heavy atom. The van der Waals surface area contributed by atoms with Crippen LogP contribution in [0.4, 0.5) is 0 Å². The number of thioether (sulfide) groups is 1. The Morgan fingerprint density at radius 2 is 1.87 bits per heavy atom. The Hall–Kier alpha value is -0.460. The number of likely N-dealkylation sites (tertiary alicyclic amines) is 1. The molecule has 132 valence electrons. The Labute approximate surface area is 149 Å². The summed E-state index contributed by atoms with van der Waals surface area (Å²) < 4.78 is 0. The number of piperidine rings is 1. The van der Waals surface area contributed by atoms with E-state index in [0.717, 1.165) is 44.1 Å². The number of hydrogen-bond acceptors (Lipinski definition) is 4. The SMILES string of the molecule is CCC(=O)N1CSCC1C(=O)N1CCC(NCC2CC2)CC1.Cl. The summed E-state index contributed by atoms with van der Waals surface area (Å²) in [5, 5.41) is 3.64. The average molecular weight is 362 g/mol. The molecule has 0 bridgehead atoms. The monoisotopic (exact) mass is 361 g/mol. The first-order valence-electron chi connectivity index (χ1n) is 8.58. The first-order valence-corrected chi connectivity index (χ1v) is 9.74. The van der Waals surface area contributed by atoms with Gasteiger partial charge in [-0.1, -0.05) is 6.92 Å². The van der Waals surface area contributed by atoms with Crippen LogP contribution in [0.3, 0.4) is 0 Å². The molecule has 2 heterocycles. The van der Waals surface area contributed by atoms with Gasteiger partial charge in [-0.3, -0.25) is 9.59 Å². The largest absolute Gasteiger partial charge is 0.341 e. The van der Waals surface area contributed by atoms with E-state index >= 15 is 0 Å². The van der Waals surface area contributed by atoms with Crippen molar-refractivity contribution in [2.45, 2.75) is 51.1 Å². The van der Waals surface area contributed by atoms with E-state index in [-0.39, 0.29) is 30.3 Å². The number of rotatable bonds is 5. The molecule has 7 heteroatoms. The Bertz CT molecular complexity index is 426. The molecule has 5 nitrogen and oxygen atoms in total. The van der Waals surface area contributed by atoms with Crippen LogP contribution in [0, 0.1) is 5.92 Å². The molecule has 1 unspecified atom stereocenters. The number of halogens is 1. The predicted molar refractivity (Wildman–Crippen MR) is 95.8 cm³/mol. The molecule has 3 aliphatic rings. The molecule has 2 saturated heterocycles. The lowest BCUT2D eigenvalue weighted by Crippen LogP contribution is -2.52. The molecular formula is C16H28ClN3O2S. The minimum atomic E-state index is -0.228. The van der Waals surface area contributed by atoms with Gasteiger partial charge in [0.15, 0.2) is 0 Å². The molecule has 0 spiro atoms. The van der Waals surface area contributed by atoms with E-state index in [9.17, 15) is 9.59 Å². The van der Waals surface area contributed by atoms with Crippen LogP contribution in [0.15, 0.2) is 0 Å². The zero-order chi connectivity index (χ0) is 15.5. The van der Waals surface area contributed by atoms with Gasteiger partial charge in [-0.2, -0.15) is 0 Å². The molecule has 0 aromatic carbocycles. The maximum Gasteiger partial charge on any atom is 0.246 e. The standard InChI is InChI=1S/C16H27N3O2S.ClH/c1-2-15(20)19-11-22-10-14(19)16(21)18-7-5-13(6-8-18)17-9-12-3-4-12;/h12-14,17H,2-11H2,1H3;1H. The maximum atomic E-state index is 12.7. The van der Waals surface area contributed by atoms with E-state index in [1.807, 2.05) is 11.8 Å². The fourth-order valence-corrected chi connectivity index (χ4v) is 4.44. The van der Waals surface area contributed by atoms with E-state index in [2.05, 4.69) is 5.32 Å². The minimum absolute atomic E-state index is 0. The first kappa shape index (κ1) is 18.9. The van der Waals surface area contributed by atoms with Crippen LogP contribution >= 0.6 is 24.2 Å². The fourth-order valence-electron chi connectivity index (χ4n) is 3.27. The Kier molecular flexibility index (Phi) is 7.04. The molecule has 2 amide bonds. The van der Waals surface area contributed by atoms with Gasteiger partial charge in [-0.15, -0.1) is 24.2 Å². The van der Waals surface area contributed by atoms with Gasteiger partial charge in [0.1, 0.15) is 6.04 Å². The molecule has 2 aliphatic heterocycles. The summed E-state index contributed by atoms with van der Waals surface area (Å²) in [5.74, 6) is 2.59. The zero-order valence-corrected chi connectivity index (χ0v) is 15.5. The van der Waals surface area contributed by atoms with Crippen LogP contribution in [0.1, 0.15) is 39.0 Å². The van der Waals surface area contributed by atoms with Gasteiger partial charge in [-0.05, 0) is 38.1 Å². The van der Waals surface area contributed by atoms with Crippen molar-refractivity contribution in [3.8, 4) is 0 Å². The maximum absolute atomic E-state index is 12.7. The van der Waals surface area contributed by atoms with E-state index in [1.54, 1.807) is 16.7 Å². The highest BCUT2D eigenvalue weighted by atomic mass is 35.5. The van der Waals surface area contributed by atoms with Crippen LogP contribution in [0.2, 0.25) is 0 Å².